The molecule has 2 aromatic heterocycles. The van der Waals surface area contributed by atoms with Gasteiger partial charge >= 0.3 is 5.97 Å². The third kappa shape index (κ3) is 5.09. The number of carbonyl (C=O) groups excluding carboxylic acids is 1. The number of hydrogen-bond donors (Lipinski definition) is 0. The number of benzene rings is 2. The van der Waals surface area contributed by atoms with Crippen LogP contribution in [0.15, 0.2) is 84.5 Å². The number of hydrogen-bond acceptors (Lipinski definition) is 8. The number of aromatic nitrogens is 1. The molecule has 0 spiro atoms. The van der Waals surface area contributed by atoms with Crippen LogP contribution in [0.1, 0.15) is 31.2 Å². The standard InChI is InChI=1S/C29H25BrN2O6S/c1-5-37-28(34)25-16(2)31-29-32(26(25)21-14-19(35-3)10-13-23(21)36-4)27(33)24(39-29)15-20-11-12-22(38-20)17-6-8-18(30)9-7-17/h6-15,26H,5H2,1-4H3/b24-15+/t26-/m0/s1. The van der Waals surface area contributed by atoms with Gasteiger partial charge in [0, 0.05) is 21.7 Å². The highest BCUT2D eigenvalue weighted by Crippen LogP contribution is 2.37. The number of allylic oxidation sites excluding steroid dienone is 1. The molecule has 1 aliphatic heterocycles. The van der Waals surface area contributed by atoms with Crippen molar-refractivity contribution in [2.45, 2.75) is 19.9 Å². The molecule has 2 aromatic carbocycles. The van der Waals surface area contributed by atoms with Crippen molar-refractivity contribution >= 4 is 39.3 Å². The molecule has 0 radical (unpaired) electrons. The minimum atomic E-state index is -0.831. The van der Waals surface area contributed by atoms with Gasteiger partial charge in [-0.25, -0.2) is 9.79 Å². The van der Waals surface area contributed by atoms with Gasteiger partial charge in [-0.1, -0.05) is 39.4 Å². The predicted octanol–water partition coefficient (Wildman–Crippen LogP) is 4.84. The van der Waals surface area contributed by atoms with Crippen LogP contribution < -0.4 is 24.4 Å². The first-order valence-electron chi connectivity index (χ1n) is 12.1. The van der Waals surface area contributed by atoms with Crippen molar-refractivity contribution in [1.82, 2.24) is 4.57 Å². The van der Waals surface area contributed by atoms with Gasteiger partial charge in [0.2, 0.25) is 0 Å². The van der Waals surface area contributed by atoms with Crippen molar-refractivity contribution in [3.05, 3.63) is 101 Å². The van der Waals surface area contributed by atoms with Gasteiger partial charge in [-0.05, 0) is 56.3 Å². The second-order valence-corrected chi connectivity index (χ2v) is 10.5. The van der Waals surface area contributed by atoms with E-state index in [1.165, 1.54) is 23.0 Å². The fourth-order valence-electron chi connectivity index (χ4n) is 4.47. The molecule has 0 saturated carbocycles. The summed E-state index contributed by atoms with van der Waals surface area (Å²) < 4.78 is 25.4. The van der Waals surface area contributed by atoms with E-state index in [1.54, 1.807) is 45.2 Å². The smallest absolute Gasteiger partial charge is 0.338 e. The van der Waals surface area contributed by atoms with Gasteiger partial charge in [0.05, 0.1) is 36.6 Å². The maximum atomic E-state index is 13.9. The van der Waals surface area contributed by atoms with Crippen molar-refractivity contribution in [2.24, 2.45) is 4.99 Å². The van der Waals surface area contributed by atoms with Crippen LogP contribution in [-0.2, 0) is 9.53 Å². The molecule has 5 rings (SSSR count). The molecule has 0 N–H and O–H groups in total. The Morgan fingerprint density at radius 2 is 1.90 bits per heavy atom. The van der Waals surface area contributed by atoms with Crippen molar-refractivity contribution < 1.29 is 23.4 Å². The Balaban J connectivity index is 1.68. The number of fused-ring (bicyclic) bond motifs is 1. The summed E-state index contributed by atoms with van der Waals surface area (Å²) >= 11 is 4.66. The van der Waals surface area contributed by atoms with Crippen molar-refractivity contribution in [2.75, 3.05) is 20.8 Å². The summed E-state index contributed by atoms with van der Waals surface area (Å²) in [5, 5.41) is 0. The number of furan rings is 1. The van der Waals surface area contributed by atoms with Crippen LogP contribution in [0.2, 0.25) is 0 Å². The lowest BCUT2D eigenvalue weighted by atomic mass is 9.95. The van der Waals surface area contributed by atoms with Crippen LogP contribution in [-0.4, -0.2) is 31.4 Å². The Kier molecular flexibility index (Phi) is 7.58. The fraction of sp³-hybridized carbons (Fsp3) is 0.207. The highest BCUT2D eigenvalue weighted by Gasteiger charge is 2.35. The molecule has 4 aromatic rings. The van der Waals surface area contributed by atoms with Gasteiger partial charge in [-0.2, -0.15) is 0 Å². The Labute approximate surface area is 236 Å². The molecule has 0 saturated heterocycles. The lowest BCUT2D eigenvalue weighted by Gasteiger charge is -2.26. The van der Waals surface area contributed by atoms with Crippen molar-refractivity contribution in [3.63, 3.8) is 0 Å². The Hall–Kier alpha value is -3.89. The summed E-state index contributed by atoms with van der Waals surface area (Å²) in [6.07, 6.45) is 1.69. The summed E-state index contributed by atoms with van der Waals surface area (Å²) in [5.41, 5.74) is 1.91. The van der Waals surface area contributed by atoms with Gasteiger partial charge < -0.3 is 18.6 Å². The first-order valence-corrected chi connectivity index (χ1v) is 13.7. The molecule has 200 valence electrons. The molecule has 0 unspecified atom stereocenters. The van der Waals surface area contributed by atoms with Gasteiger partial charge in [0.15, 0.2) is 4.80 Å². The summed E-state index contributed by atoms with van der Waals surface area (Å²) in [7, 11) is 3.09. The number of rotatable bonds is 7. The molecule has 0 bridgehead atoms. The average molecular weight is 609 g/mol. The number of methoxy groups -OCH3 is 2. The van der Waals surface area contributed by atoms with E-state index in [4.69, 9.17) is 18.6 Å². The van der Waals surface area contributed by atoms with Gasteiger partial charge in [0.1, 0.15) is 29.1 Å². The first kappa shape index (κ1) is 26.7. The number of halogens is 1. The van der Waals surface area contributed by atoms with E-state index in [0.717, 1.165) is 10.0 Å². The van der Waals surface area contributed by atoms with Crippen LogP contribution in [0.3, 0.4) is 0 Å². The zero-order chi connectivity index (χ0) is 27.7. The lowest BCUT2D eigenvalue weighted by molar-refractivity contribution is -0.139. The maximum absolute atomic E-state index is 13.9. The van der Waals surface area contributed by atoms with E-state index in [9.17, 15) is 9.59 Å². The summed E-state index contributed by atoms with van der Waals surface area (Å²) in [5.74, 6) is 1.71. The molecule has 39 heavy (non-hydrogen) atoms. The number of thiazole rings is 1. The van der Waals surface area contributed by atoms with E-state index in [1.807, 2.05) is 36.4 Å². The monoisotopic (exact) mass is 608 g/mol. The number of esters is 1. The second kappa shape index (κ2) is 11.1. The van der Waals surface area contributed by atoms with Gasteiger partial charge in [-0.3, -0.25) is 9.36 Å². The van der Waals surface area contributed by atoms with Crippen LogP contribution in [0.5, 0.6) is 11.5 Å². The van der Waals surface area contributed by atoms with Crippen LogP contribution in [0.4, 0.5) is 0 Å². The molecule has 1 aliphatic rings. The summed E-state index contributed by atoms with van der Waals surface area (Å²) in [6.45, 7) is 3.65. The largest absolute Gasteiger partial charge is 0.497 e. The Morgan fingerprint density at radius 3 is 2.59 bits per heavy atom. The van der Waals surface area contributed by atoms with Crippen LogP contribution >= 0.6 is 27.3 Å². The highest BCUT2D eigenvalue weighted by atomic mass is 79.9. The maximum Gasteiger partial charge on any atom is 0.338 e. The highest BCUT2D eigenvalue weighted by molar-refractivity contribution is 9.10. The number of ether oxygens (including phenoxy) is 3. The van der Waals surface area contributed by atoms with Gasteiger partial charge in [0.25, 0.3) is 5.56 Å². The Bertz CT molecular complexity index is 1760. The summed E-state index contributed by atoms with van der Waals surface area (Å²) in [6, 6.07) is 15.9. The minimum Gasteiger partial charge on any atom is -0.497 e. The molecule has 8 nitrogen and oxygen atoms in total. The zero-order valence-electron chi connectivity index (χ0n) is 21.7. The quantitative estimate of drug-likeness (QED) is 0.279. The normalized spacial score (nSPS) is 15.1. The minimum absolute atomic E-state index is 0.182. The van der Waals surface area contributed by atoms with E-state index >= 15 is 0 Å². The molecule has 1 atom stereocenters. The zero-order valence-corrected chi connectivity index (χ0v) is 24.1. The van der Waals surface area contributed by atoms with E-state index in [0.29, 0.717) is 43.6 Å². The molecule has 10 heteroatoms. The first-order chi connectivity index (χ1) is 18.8. The molecule has 3 heterocycles. The second-order valence-electron chi connectivity index (χ2n) is 8.62. The number of carbonyl (C=O) groups is 1. The van der Waals surface area contributed by atoms with Crippen LogP contribution in [0.25, 0.3) is 17.4 Å². The summed E-state index contributed by atoms with van der Waals surface area (Å²) in [4.78, 5) is 32.1. The average Bonchev–Trinajstić information content (AvgIpc) is 3.52. The lowest BCUT2D eigenvalue weighted by Crippen LogP contribution is -2.40. The third-order valence-corrected chi connectivity index (χ3v) is 7.79. The van der Waals surface area contributed by atoms with E-state index < -0.39 is 12.0 Å². The topological polar surface area (TPSA) is 92.3 Å². The number of nitrogens with zero attached hydrogens (tertiary/aromatic N) is 2. The van der Waals surface area contributed by atoms with Gasteiger partial charge in [-0.15, -0.1) is 0 Å². The molecular formula is C29H25BrN2O6S. The van der Waals surface area contributed by atoms with Crippen molar-refractivity contribution in [1.29, 1.82) is 0 Å². The fourth-order valence-corrected chi connectivity index (χ4v) is 5.76. The molecular weight excluding hydrogens is 584 g/mol. The molecule has 0 fully saturated rings. The predicted molar refractivity (Wildman–Crippen MR) is 152 cm³/mol. The molecule has 0 aliphatic carbocycles. The Morgan fingerprint density at radius 1 is 1.13 bits per heavy atom. The van der Waals surface area contributed by atoms with Crippen LogP contribution in [0, 0.1) is 0 Å². The van der Waals surface area contributed by atoms with E-state index in [2.05, 4.69) is 20.9 Å². The van der Waals surface area contributed by atoms with E-state index in [-0.39, 0.29) is 17.7 Å². The van der Waals surface area contributed by atoms with Crippen molar-refractivity contribution in [3.8, 4) is 22.8 Å². The molecule has 0 amide bonds. The SMILES string of the molecule is CCOC(=O)C1=C(C)N=c2s/c(=C/c3ccc(-c4ccc(Br)cc4)o3)c(=O)n2[C@H]1c1cc(OC)ccc1OC. The third-order valence-electron chi connectivity index (χ3n) is 6.28.